The Morgan fingerprint density at radius 2 is 1.55 bits per heavy atom. The van der Waals surface area contributed by atoms with Gasteiger partial charge >= 0.3 is 6.36 Å². The lowest BCUT2D eigenvalue weighted by Gasteiger charge is -2.10. The molecule has 2 N–H and O–H groups in total. The fourth-order valence-corrected chi connectivity index (χ4v) is 3.37. The van der Waals surface area contributed by atoms with Gasteiger partial charge in [0.15, 0.2) is 0 Å². The number of halogens is 3. The number of rotatable bonds is 8. The Hall–Kier alpha value is -3.33. The van der Waals surface area contributed by atoms with E-state index in [0.717, 1.165) is 11.1 Å². The zero-order valence-electron chi connectivity index (χ0n) is 16.2. The van der Waals surface area contributed by atoms with Crippen molar-refractivity contribution >= 4 is 23.2 Å². The first kappa shape index (κ1) is 22.4. The van der Waals surface area contributed by atoms with Crippen molar-refractivity contribution in [3.8, 4) is 5.75 Å². The van der Waals surface area contributed by atoms with E-state index in [4.69, 9.17) is 0 Å². The molecule has 0 saturated carbocycles. The highest BCUT2D eigenvalue weighted by Gasteiger charge is 2.30. The van der Waals surface area contributed by atoms with Crippen LogP contribution in [0.5, 0.6) is 5.75 Å². The van der Waals surface area contributed by atoms with Crippen LogP contribution in [-0.4, -0.2) is 24.7 Å². The molecule has 2 aromatic carbocycles. The minimum Gasteiger partial charge on any atom is -0.406 e. The number of amides is 2. The number of alkyl halides is 3. The summed E-state index contributed by atoms with van der Waals surface area (Å²) in [7, 11) is 0. The third-order valence-electron chi connectivity index (χ3n) is 4.27. The molecule has 0 aliphatic rings. The first-order valence-corrected chi connectivity index (χ1v) is 10.2. The standard InChI is InChI=1S/C22H19F3N2O3S/c23-22(24,25)30-18-9-5-15(6-10-18)11-12-26-20(28)17-7-3-16(4-8-17)14-27-21(29)19-2-1-13-31-19/h1-10,13H,11-12,14H2,(H,26,28)(H,27,29). The number of hydrogen-bond donors (Lipinski definition) is 2. The Bertz CT molecular complexity index is 1000. The lowest BCUT2D eigenvalue weighted by molar-refractivity contribution is -0.274. The lowest BCUT2D eigenvalue weighted by atomic mass is 10.1. The average Bonchev–Trinajstić information content (AvgIpc) is 3.27. The molecule has 9 heteroatoms. The van der Waals surface area contributed by atoms with E-state index in [2.05, 4.69) is 15.4 Å². The van der Waals surface area contributed by atoms with Gasteiger partial charge in [0.2, 0.25) is 0 Å². The highest BCUT2D eigenvalue weighted by Crippen LogP contribution is 2.22. The van der Waals surface area contributed by atoms with Crippen LogP contribution in [0.25, 0.3) is 0 Å². The Morgan fingerprint density at radius 3 is 2.16 bits per heavy atom. The number of hydrogen-bond acceptors (Lipinski definition) is 4. The number of benzene rings is 2. The number of carbonyl (C=O) groups excluding carboxylic acids is 2. The zero-order valence-corrected chi connectivity index (χ0v) is 17.1. The smallest absolute Gasteiger partial charge is 0.406 e. The van der Waals surface area contributed by atoms with E-state index < -0.39 is 6.36 Å². The van der Waals surface area contributed by atoms with Crippen LogP contribution in [0.2, 0.25) is 0 Å². The van der Waals surface area contributed by atoms with Gasteiger partial charge in [-0.25, -0.2) is 0 Å². The summed E-state index contributed by atoms with van der Waals surface area (Å²) in [6.45, 7) is 0.684. The predicted molar refractivity (Wildman–Crippen MR) is 111 cm³/mol. The van der Waals surface area contributed by atoms with Gasteiger partial charge < -0.3 is 15.4 Å². The number of ether oxygens (including phenoxy) is 1. The van der Waals surface area contributed by atoms with Crippen molar-refractivity contribution in [1.82, 2.24) is 10.6 Å². The second kappa shape index (κ2) is 10.1. The van der Waals surface area contributed by atoms with Gasteiger partial charge in [-0.2, -0.15) is 0 Å². The Morgan fingerprint density at radius 1 is 0.871 bits per heavy atom. The summed E-state index contributed by atoms with van der Waals surface area (Å²) in [5.74, 6) is -0.687. The Balaban J connectivity index is 1.42. The molecule has 3 rings (SSSR count). The van der Waals surface area contributed by atoms with Gasteiger partial charge in [0.1, 0.15) is 5.75 Å². The summed E-state index contributed by atoms with van der Waals surface area (Å²) in [6.07, 6.45) is -4.26. The van der Waals surface area contributed by atoms with Crippen LogP contribution in [0.3, 0.4) is 0 Å². The van der Waals surface area contributed by atoms with Crippen molar-refractivity contribution in [3.63, 3.8) is 0 Å². The van der Waals surface area contributed by atoms with Crippen molar-refractivity contribution in [2.75, 3.05) is 6.54 Å². The highest BCUT2D eigenvalue weighted by atomic mass is 32.1. The van der Waals surface area contributed by atoms with E-state index in [1.807, 2.05) is 11.4 Å². The Labute approximate surface area is 180 Å². The second-order valence-electron chi connectivity index (χ2n) is 6.55. The number of carbonyl (C=O) groups is 2. The van der Waals surface area contributed by atoms with Gasteiger partial charge in [-0.1, -0.05) is 30.3 Å². The molecule has 0 radical (unpaired) electrons. The minimum atomic E-state index is -4.72. The summed E-state index contributed by atoms with van der Waals surface area (Å²) < 4.78 is 40.3. The maximum Gasteiger partial charge on any atom is 0.573 e. The molecule has 3 aromatic rings. The quantitative estimate of drug-likeness (QED) is 0.531. The number of nitrogens with one attached hydrogen (secondary N) is 2. The maximum absolute atomic E-state index is 12.3. The maximum atomic E-state index is 12.3. The first-order chi connectivity index (χ1) is 14.8. The van der Waals surface area contributed by atoms with Crippen LogP contribution >= 0.6 is 11.3 Å². The summed E-state index contributed by atoms with van der Waals surface area (Å²) >= 11 is 1.36. The normalized spacial score (nSPS) is 11.1. The molecule has 0 saturated heterocycles. The van der Waals surface area contributed by atoms with Crippen molar-refractivity contribution in [2.24, 2.45) is 0 Å². The first-order valence-electron chi connectivity index (χ1n) is 9.34. The van der Waals surface area contributed by atoms with Crippen LogP contribution in [0.1, 0.15) is 31.2 Å². The van der Waals surface area contributed by atoms with Crippen LogP contribution in [0.4, 0.5) is 13.2 Å². The van der Waals surface area contributed by atoms with Gasteiger partial charge in [0.05, 0.1) is 4.88 Å². The third-order valence-corrected chi connectivity index (χ3v) is 5.14. The molecular formula is C22H19F3N2O3S. The molecule has 162 valence electrons. The van der Waals surface area contributed by atoms with E-state index in [0.29, 0.717) is 30.0 Å². The SMILES string of the molecule is O=C(NCCc1ccc(OC(F)(F)F)cc1)c1ccc(CNC(=O)c2cccs2)cc1. The molecule has 0 aliphatic heterocycles. The van der Waals surface area contributed by atoms with Crippen LogP contribution in [0, 0.1) is 0 Å². The van der Waals surface area contributed by atoms with Crippen LogP contribution in [-0.2, 0) is 13.0 Å². The highest BCUT2D eigenvalue weighted by molar-refractivity contribution is 7.12. The van der Waals surface area contributed by atoms with E-state index >= 15 is 0 Å². The summed E-state index contributed by atoms with van der Waals surface area (Å²) in [5.41, 5.74) is 2.11. The Kier molecular flexibility index (Phi) is 7.30. The third kappa shape index (κ3) is 7.14. The number of thiophene rings is 1. The molecule has 0 atom stereocenters. The molecular weight excluding hydrogens is 429 g/mol. The van der Waals surface area contributed by atoms with Crippen molar-refractivity contribution < 1.29 is 27.5 Å². The fraction of sp³-hybridized carbons (Fsp3) is 0.182. The van der Waals surface area contributed by atoms with E-state index in [9.17, 15) is 22.8 Å². The average molecular weight is 448 g/mol. The van der Waals surface area contributed by atoms with Crippen molar-refractivity contribution in [1.29, 1.82) is 0 Å². The molecule has 2 amide bonds. The molecule has 0 fully saturated rings. The monoisotopic (exact) mass is 448 g/mol. The predicted octanol–water partition coefficient (Wildman–Crippen LogP) is 4.55. The zero-order chi connectivity index (χ0) is 22.3. The van der Waals surface area contributed by atoms with Crippen LogP contribution < -0.4 is 15.4 Å². The summed E-state index contributed by atoms with van der Waals surface area (Å²) in [6, 6.07) is 15.9. The molecule has 0 bridgehead atoms. The molecule has 31 heavy (non-hydrogen) atoms. The van der Waals surface area contributed by atoms with Gasteiger partial charge in [-0.3, -0.25) is 9.59 Å². The second-order valence-corrected chi connectivity index (χ2v) is 7.50. The summed E-state index contributed by atoms with van der Waals surface area (Å²) in [4.78, 5) is 24.8. The van der Waals surface area contributed by atoms with Gasteiger partial charge in [-0.05, 0) is 53.3 Å². The topological polar surface area (TPSA) is 67.4 Å². The van der Waals surface area contributed by atoms with Gasteiger partial charge in [0.25, 0.3) is 11.8 Å². The van der Waals surface area contributed by atoms with Gasteiger partial charge in [0, 0.05) is 18.7 Å². The molecule has 0 spiro atoms. The molecule has 1 heterocycles. The van der Waals surface area contributed by atoms with Crippen molar-refractivity contribution in [2.45, 2.75) is 19.3 Å². The molecule has 1 aromatic heterocycles. The molecule has 0 aliphatic carbocycles. The van der Waals surface area contributed by atoms with Crippen LogP contribution in [0.15, 0.2) is 66.0 Å². The van der Waals surface area contributed by atoms with E-state index in [-0.39, 0.29) is 17.6 Å². The molecule has 0 unspecified atom stereocenters. The van der Waals surface area contributed by atoms with E-state index in [1.165, 1.54) is 35.6 Å². The van der Waals surface area contributed by atoms with E-state index in [1.54, 1.807) is 30.3 Å². The fourth-order valence-electron chi connectivity index (χ4n) is 2.73. The largest absolute Gasteiger partial charge is 0.573 e. The minimum absolute atomic E-state index is 0.144. The lowest BCUT2D eigenvalue weighted by Crippen LogP contribution is -2.26. The summed E-state index contributed by atoms with van der Waals surface area (Å²) in [5, 5.41) is 7.42. The molecule has 5 nitrogen and oxygen atoms in total. The van der Waals surface area contributed by atoms with Gasteiger partial charge in [-0.15, -0.1) is 24.5 Å². The van der Waals surface area contributed by atoms with Crippen molar-refractivity contribution in [3.05, 3.63) is 87.6 Å².